The normalized spacial score (nSPS) is 29.1. The molecule has 31 heavy (non-hydrogen) atoms. The first kappa shape index (κ1) is 18.9. The molecule has 3 fully saturated rings. The van der Waals surface area contributed by atoms with Gasteiger partial charge in [0.1, 0.15) is 24.2 Å². The van der Waals surface area contributed by atoms with Crippen LogP contribution in [0.25, 0.3) is 11.1 Å². The Hall–Kier alpha value is -2.84. The molecular formula is C23H26N4O4. The Labute approximate surface area is 180 Å². The number of hydrogen-bond donors (Lipinski definition) is 2. The Morgan fingerprint density at radius 2 is 2.10 bits per heavy atom. The largest absolute Gasteiger partial charge is 0.489 e. The van der Waals surface area contributed by atoms with Gasteiger partial charge in [0.05, 0.1) is 12.3 Å². The SMILES string of the molecule is O=C1O[C@@H](CO)C2COc3cc(-c4ccc(N5C[C@@H]6CCCN[C@@H]6C5)nc4)ccc3N12. The molecule has 8 nitrogen and oxygen atoms in total. The molecule has 2 aromatic rings. The average molecular weight is 422 g/mol. The topological polar surface area (TPSA) is 87.2 Å². The van der Waals surface area contributed by atoms with E-state index in [4.69, 9.17) is 14.5 Å². The molecule has 0 aliphatic carbocycles. The number of aliphatic hydroxyl groups excluding tert-OH is 1. The maximum atomic E-state index is 12.3. The monoisotopic (exact) mass is 422 g/mol. The predicted octanol–water partition coefficient (Wildman–Crippen LogP) is 2.02. The van der Waals surface area contributed by atoms with Crippen molar-refractivity contribution in [3.63, 3.8) is 0 Å². The lowest BCUT2D eigenvalue weighted by molar-refractivity contribution is 0.0734. The molecule has 0 bridgehead atoms. The zero-order chi connectivity index (χ0) is 20.9. The minimum absolute atomic E-state index is 0.212. The van der Waals surface area contributed by atoms with E-state index in [0.717, 1.165) is 42.5 Å². The van der Waals surface area contributed by atoms with Crippen molar-refractivity contribution < 1.29 is 19.4 Å². The number of aliphatic hydroxyl groups is 1. The zero-order valence-electron chi connectivity index (χ0n) is 17.2. The van der Waals surface area contributed by atoms with Crippen molar-refractivity contribution in [2.45, 2.75) is 31.0 Å². The molecule has 3 saturated heterocycles. The van der Waals surface area contributed by atoms with Gasteiger partial charge >= 0.3 is 6.09 Å². The van der Waals surface area contributed by atoms with E-state index in [9.17, 15) is 9.90 Å². The number of pyridine rings is 1. The lowest BCUT2D eigenvalue weighted by Gasteiger charge is -2.31. The number of hydrogen-bond acceptors (Lipinski definition) is 7. The molecule has 5 heterocycles. The van der Waals surface area contributed by atoms with Gasteiger partial charge in [-0.3, -0.25) is 4.90 Å². The summed E-state index contributed by atoms with van der Waals surface area (Å²) >= 11 is 0. The van der Waals surface area contributed by atoms with Gasteiger partial charge in [-0.15, -0.1) is 0 Å². The second kappa shape index (κ2) is 7.39. The van der Waals surface area contributed by atoms with Crippen LogP contribution >= 0.6 is 0 Å². The third-order valence-electron chi connectivity index (χ3n) is 7.02. The molecule has 4 atom stereocenters. The van der Waals surface area contributed by atoms with Crippen LogP contribution in [-0.2, 0) is 4.74 Å². The standard InChI is InChI=1S/C23H26N4O4/c28-12-21-19-13-30-20-8-14(3-5-18(20)27(19)23(29)31-21)15-4-6-22(25-9-15)26-10-16-2-1-7-24-17(16)11-26/h3-6,8-9,16-17,19,21,24,28H,1-2,7,10-13H2/t16-,17+,19?,21-/m0/s1. The number of fused-ring (bicyclic) bond motifs is 4. The number of ether oxygens (including phenoxy) is 2. The Bertz CT molecular complexity index is 984. The van der Waals surface area contributed by atoms with E-state index in [0.29, 0.717) is 24.1 Å². The van der Waals surface area contributed by atoms with E-state index in [1.54, 1.807) is 4.90 Å². The van der Waals surface area contributed by atoms with E-state index in [1.165, 1.54) is 12.8 Å². The van der Waals surface area contributed by atoms with E-state index in [2.05, 4.69) is 22.3 Å². The van der Waals surface area contributed by atoms with Crippen LogP contribution in [0.1, 0.15) is 12.8 Å². The quantitative estimate of drug-likeness (QED) is 0.783. The second-order valence-electron chi connectivity index (χ2n) is 8.81. The number of carbonyl (C=O) groups excluding carboxylic acids is 1. The molecule has 1 amide bonds. The van der Waals surface area contributed by atoms with E-state index >= 15 is 0 Å². The summed E-state index contributed by atoms with van der Waals surface area (Å²) in [5.41, 5.74) is 2.67. The lowest BCUT2D eigenvalue weighted by Crippen LogP contribution is -2.45. The highest BCUT2D eigenvalue weighted by atomic mass is 16.6. The average Bonchev–Trinajstić information content (AvgIpc) is 3.40. The van der Waals surface area contributed by atoms with Gasteiger partial charge in [-0.25, -0.2) is 9.78 Å². The number of benzene rings is 1. The van der Waals surface area contributed by atoms with Crippen molar-refractivity contribution >= 4 is 17.6 Å². The van der Waals surface area contributed by atoms with Gasteiger partial charge in [0.15, 0.2) is 6.10 Å². The number of nitrogens with zero attached hydrogens (tertiary/aromatic N) is 3. The van der Waals surface area contributed by atoms with Gasteiger partial charge < -0.3 is 24.8 Å². The molecule has 4 aliphatic rings. The van der Waals surface area contributed by atoms with Crippen LogP contribution in [0.3, 0.4) is 0 Å². The molecule has 0 radical (unpaired) electrons. The highest BCUT2D eigenvalue weighted by Crippen LogP contribution is 2.41. The molecule has 4 aliphatic heterocycles. The molecule has 2 N–H and O–H groups in total. The minimum atomic E-state index is -0.554. The van der Waals surface area contributed by atoms with Gasteiger partial charge in [0.2, 0.25) is 0 Å². The maximum absolute atomic E-state index is 12.3. The fourth-order valence-electron chi connectivity index (χ4n) is 5.35. The van der Waals surface area contributed by atoms with E-state index < -0.39 is 12.2 Å². The highest BCUT2D eigenvalue weighted by Gasteiger charge is 2.46. The number of amides is 1. The number of anilines is 2. The van der Waals surface area contributed by atoms with Crippen molar-refractivity contribution in [1.29, 1.82) is 0 Å². The first-order valence-corrected chi connectivity index (χ1v) is 11.0. The third-order valence-corrected chi connectivity index (χ3v) is 7.02. The Kier molecular flexibility index (Phi) is 4.50. The smallest absolute Gasteiger partial charge is 0.415 e. The fraction of sp³-hybridized carbons (Fsp3) is 0.478. The van der Waals surface area contributed by atoms with Crippen LogP contribution in [0.15, 0.2) is 36.5 Å². The zero-order valence-corrected chi connectivity index (χ0v) is 17.2. The molecule has 0 spiro atoms. The molecule has 1 aromatic carbocycles. The summed E-state index contributed by atoms with van der Waals surface area (Å²) in [5.74, 6) is 2.38. The first-order valence-electron chi connectivity index (χ1n) is 11.0. The summed E-state index contributed by atoms with van der Waals surface area (Å²) in [7, 11) is 0. The molecule has 6 rings (SSSR count). The predicted molar refractivity (Wildman–Crippen MR) is 116 cm³/mol. The third kappa shape index (κ3) is 3.13. The number of piperidine rings is 1. The van der Waals surface area contributed by atoms with Gasteiger partial charge in [-0.05, 0) is 55.1 Å². The van der Waals surface area contributed by atoms with Gasteiger partial charge in [-0.2, -0.15) is 0 Å². The van der Waals surface area contributed by atoms with Crippen LogP contribution in [0, 0.1) is 5.92 Å². The lowest BCUT2D eigenvalue weighted by atomic mass is 9.94. The molecule has 8 heteroatoms. The summed E-state index contributed by atoms with van der Waals surface area (Å²) in [4.78, 5) is 21.0. The van der Waals surface area contributed by atoms with Crippen molar-refractivity contribution in [2.24, 2.45) is 5.92 Å². The highest BCUT2D eigenvalue weighted by molar-refractivity contribution is 5.94. The summed E-state index contributed by atoms with van der Waals surface area (Å²) in [5, 5.41) is 13.1. The maximum Gasteiger partial charge on any atom is 0.415 e. The van der Waals surface area contributed by atoms with Crippen LogP contribution in [0.5, 0.6) is 5.75 Å². The Morgan fingerprint density at radius 3 is 2.90 bits per heavy atom. The van der Waals surface area contributed by atoms with Crippen LogP contribution in [0.2, 0.25) is 0 Å². The van der Waals surface area contributed by atoms with Crippen LogP contribution in [0.4, 0.5) is 16.3 Å². The van der Waals surface area contributed by atoms with Gasteiger partial charge in [0.25, 0.3) is 0 Å². The second-order valence-corrected chi connectivity index (χ2v) is 8.81. The van der Waals surface area contributed by atoms with Crippen molar-refractivity contribution in [3.05, 3.63) is 36.5 Å². The summed E-state index contributed by atoms with van der Waals surface area (Å²) in [6.07, 6.45) is 3.48. The van der Waals surface area contributed by atoms with Gasteiger partial charge in [-0.1, -0.05) is 6.07 Å². The van der Waals surface area contributed by atoms with Crippen molar-refractivity contribution in [2.75, 3.05) is 42.6 Å². The minimum Gasteiger partial charge on any atom is -0.489 e. The van der Waals surface area contributed by atoms with Crippen LogP contribution in [-0.4, -0.2) is 67.2 Å². The molecule has 162 valence electrons. The van der Waals surface area contributed by atoms with Crippen molar-refractivity contribution in [3.8, 4) is 16.9 Å². The Morgan fingerprint density at radius 1 is 1.19 bits per heavy atom. The molecule has 1 unspecified atom stereocenters. The van der Waals surface area contributed by atoms with Crippen LogP contribution < -0.4 is 19.9 Å². The number of rotatable bonds is 3. The Balaban J connectivity index is 1.22. The molecule has 0 saturated carbocycles. The van der Waals surface area contributed by atoms with E-state index in [1.807, 2.05) is 24.4 Å². The number of aromatic nitrogens is 1. The molecular weight excluding hydrogens is 396 g/mol. The van der Waals surface area contributed by atoms with E-state index in [-0.39, 0.29) is 12.6 Å². The number of carbonyl (C=O) groups is 1. The summed E-state index contributed by atoms with van der Waals surface area (Å²) in [6, 6.07) is 10.3. The summed E-state index contributed by atoms with van der Waals surface area (Å²) in [6.45, 7) is 3.30. The number of nitrogens with one attached hydrogen (secondary N) is 1. The van der Waals surface area contributed by atoms with Gasteiger partial charge in [0, 0.05) is 30.9 Å². The van der Waals surface area contributed by atoms with Crippen molar-refractivity contribution in [1.82, 2.24) is 10.3 Å². The number of cyclic esters (lactones) is 1. The fourth-order valence-corrected chi connectivity index (χ4v) is 5.35. The first-order chi connectivity index (χ1) is 15.2. The molecule has 1 aromatic heterocycles. The summed E-state index contributed by atoms with van der Waals surface area (Å²) < 4.78 is 11.2.